The van der Waals surface area contributed by atoms with Crippen LogP contribution in [0.4, 0.5) is 0 Å². The van der Waals surface area contributed by atoms with Crippen molar-refractivity contribution in [3.05, 3.63) is 85.1 Å². The van der Waals surface area contributed by atoms with Gasteiger partial charge in [0.1, 0.15) is 13.2 Å². The molecule has 0 fully saturated rings. The number of rotatable bonds is 38. The van der Waals surface area contributed by atoms with Crippen LogP contribution in [0.25, 0.3) is 0 Å². The molecule has 0 saturated heterocycles. The molecule has 55 heavy (non-hydrogen) atoms. The lowest BCUT2D eigenvalue weighted by Gasteiger charge is -2.18. The van der Waals surface area contributed by atoms with Crippen molar-refractivity contribution in [3.8, 4) is 0 Å². The zero-order valence-electron chi connectivity index (χ0n) is 35.4. The van der Waals surface area contributed by atoms with E-state index in [0.29, 0.717) is 12.8 Å². The van der Waals surface area contributed by atoms with E-state index in [1.165, 1.54) is 51.4 Å². The van der Waals surface area contributed by atoms with Gasteiger partial charge in [0.15, 0.2) is 6.10 Å². The van der Waals surface area contributed by atoms with Crippen LogP contribution in [-0.4, -0.2) is 37.2 Å². The summed E-state index contributed by atoms with van der Waals surface area (Å²) in [4.78, 5) is 37.6. The van der Waals surface area contributed by atoms with E-state index in [9.17, 15) is 14.4 Å². The molecule has 0 N–H and O–H groups in total. The Hall–Kier alpha value is -3.41. The SMILES string of the molecule is CC/C=C\C/C=C\C/C=C\C/C=C\C/C=C\CC(=O)OCC(COC(=O)CCCCCCCCCC)OC(=O)CCCCCCC/C=C\C/C=C\CCCC. The molecule has 0 aromatic carbocycles. The van der Waals surface area contributed by atoms with Gasteiger partial charge in [-0.05, 0) is 70.6 Å². The second-order valence-corrected chi connectivity index (χ2v) is 14.2. The minimum Gasteiger partial charge on any atom is -0.462 e. The maximum Gasteiger partial charge on any atom is 0.309 e. The molecule has 0 amide bonds. The summed E-state index contributed by atoms with van der Waals surface area (Å²) in [6.45, 7) is 6.32. The van der Waals surface area contributed by atoms with Gasteiger partial charge < -0.3 is 14.2 Å². The van der Waals surface area contributed by atoms with Crippen LogP contribution < -0.4 is 0 Å². The van der Waals surface area contributed by atoms with E-state index >= 15 is 0 Å². The number of allylic oxidation sites excluding steroid dienone is 13. The first-order chi connectivity index (χ1) is 27.0. The molecule has 0 aromatic rings. The van der Waals surface area contributed by atoms with Crippen molar-refractivity contribution < 1.29 is 28.6 Å². The van der Waals surface area contributed by atoms with Gasteiger partial charge in [-0.3, -0.25) is 14.4 Å². The predicted molar refractivity (Wildman–Crippen MR) is 233 cm³/mol. The van der Waals surface area contributed by atoms with Gasteiger partial charge in [-0.25, -0.2) is 0 Å². The Kier molecular flexibility index (Phi) is 40.6. The predicted octanol–water partition coefficient (Wildman–Crippen LogP) is 14.1. The third-order valence-electron chi connectivity index (χ3n) is 8.92. The van der Waals surface area contributed by atoms with Crippen LogP contribution in [-0.2, 0) is 28.6 Å². The lowest BCUT2D eigenvalue weighted by molar-refractivity contribution is -0.166. The second kappa shape index (κ2) is 43.3. The van der Waals surface area contributed by atoms with Crippen molar-refractivity contribution in [2.24, 2.45) is 0 Å². The summed E-state index contributed by atoms with van der Waals surface area (Å²) >= 11 is 0. The van der Waals surface area contributed by atoms with E-state index in [4.69, 9.17) is 14.2 Å². The van der Waals surface area contributed by atoms with Crippen LogP contribution in [0.15, 0.2) is 85.1 Å². The van der Waals surface area contributed by atoms with E-state index < -0.39 is 12.1 Å². The van der Waals surface area contributed by atoms with Gasteiger partial charge in [0.2, 0.25) is 0 Å². The van der Waals surface area contributed by atoms with Crippen LogP contribution in [0.5, 0.6) is 0 Å². The molecule has 0 radical (unpaired) electrons. The summed E-state index contributed by atoms with van der Waals surface area (Å²) < 4.78 is 16.5. The van der Waals surface area contributed by atoms with Crippen molar-refractivity contribution >= 4 is 17.9 Å². The summed E-state index contributed by atoms with van der Waals surface area (Å²) in [5, 5.41) is 0. The van der Waals surface area contributed by atoms with Crippen molar-refractivity contribution in [1.29, 1.82) is 0 Å². The van der Waals surface area contributed by atoms with Crippen LogP contribution in [0, 0.1) is 0 Å². The largest absolute Gasteiger partial charge is 0.462 e. The van der Waals surface area contributed by atoms with Crippen LogP contribution in [0.3, 0.4) is 0 Å². The molecule has 1 atom stereocenters. The summed E-state index contributed by atoms with van der Waals surface area (Å²) in [6, 6.07) is 0. The lowest BCUT2D eigenvalue weighted by atomic mass is 10.1. The number of unbranched alkanes of at least 4 members (excludes halogenated alkanes) is 14. The molecule has 0 aliphatic rings. The van der Waals surface area contributed by atoms with Gasteiger partial charge in [0, 0.05) is 12.8 Å². The molecular weight excluding hydrogens is 685 g/mol. The van der Waals surface area contributed by atoms with E-state index in [2.05, 4.69) is 93.7 Å². The van der Waals surface area contributed by atoms with Crippen LogP contribution in [0.2, 0.25) is 0 Å². The van der Waals surface area contributed by atoms with Gasteiger partial charge >= 0.3 is 17.9 Å². The molecule has 0 rings (SSSR count). The Morgan fingerprint density at radius 1 is 0.400 bits per heavy atom. The third kappa shape index (κ3) is 41.6. The molecule has 0 heterocycles. The van der Waals surface area contributed by atoms with E-state index in [1.807, 2.05) is 6.08 Å². The first kappa shape index (κ1) is 51.6. The Bertz CT molecular complexity index is 1110. The molecule has 0 bridgehead atoms. The van der Waals surface area contributed by atoms with Gasteiger partial charge in [0.05, 0.1) is 6.42 Å². The number of esters is 3. The summed E-state index contributed by atoms with van der Waals surface area (Å²) in [6.07, 6.45) is 54.5. The Morgan fingerprint density at radius 2 is 0.800 bits per heavy atom. The van der Waals surface area contributed by atoms with Crippen molar-refractivity contribution in [2.75, 3.05) is 13.2 Å². The molecular formula is C49H80O6. The van der Waals surface area contributed by atoms with Crippen molar-refractivity contribution in [2.45, 2.75) is 194 Å². The molecule has 0 saturated carbocycles. The van der Waals surface area contributed by atoms with Gasteiger partial charge in [-0.15, -0.1) is 0 Å². The highest BCUT2D eigenvalue weighted by Gasteiger charge is 2.19. The first-order valence-electron chi connectivity index (χ1n) is 22.1. The van der Waals surface area contributed by atoms with Crippen molar-refractivity contribution in [3.63, 3.8) is 0 Å². The maximum absolute atomic E-state index is 12.7. The molecule has 0 spiro atoms. The Morgan fingerprint density at radius 3 is 1.33 bits per heavy atom. The molecule has 1 unspecified atom stereocenters. The summed E-state index contributed by atoms with van der Waals surface area (Å²) in [5.74, 6) is -1.07. The summed E-state index contributed by atoms with van der Waals surface area (Å²) in [7, 11) is 0. The van der Waals surface area contributed by atoms with Crippen LogP contribution >= 0.6 is 0 Å². The van der Waals surface area contributed by atoms with Crippen molar-refractivity contribution in [1.82, 2.24) is 0 Å². The normalized spacial score (nSPS) is 12.9. The Labute approximate surface area is 337 Å². The number of hydrogen-bond donors (Lipinski definition) is 0. The molecule has 0 aliphatic heterocycles. The number of carbonyl (C=O) groups is 3. The lowest BCUT2D eigenvalue weighted by Crippen LogP contribution is -2.30. The van der Waals surface area contributed by atoms with E-state index in [0.717, 1.165) is 96.3 Å². The zero-order chi connectivity index (χ0) is 40.1. The highest BCUT2D eigenvalue weighted by Crippen LogP contribution is 2.12. The molecule has 0 aliphatic carbocycles. The molecule has 6 nitrogen and oxygen atoms in total. The van der Waals surface area contributed by atoms with Gasteiger partial charge in [-0.2, -0.15) is 0 Å². The van der Waals surface area contributed by atoms with Crippen LogP contribution in [0.1, 0.15) is 188 Å². The topological polar surface area (TPSA) is 78.9 Å². The fraction of sp³-hybridized carbons (Fsp3) is 0.653. The van der Waals surface area contributed by atoms with Gasteiger partial charge in [0.25, 0.3) is 0 Å². The van der Waals surface area contributed by atoms with E-state index in [-0.39, 0.29) is 31.6 Å². The molecule has 6 heteroatoms. The standard InChI is InChI=1S/C49H80O6/c1-4-7-10-13-16-19-21-23-25-27-28-30-33-36-39-42-48(51)54-45-46(44-53-47(50)41-38-35-32-18-15-12-9-6-3)55-49(52)43-40-37-34-31-29-26-24-22-20-17-14-11-8-5-2/h7,10,14,16-17,19,22-25,28,30,36,39,46H,4-6,8-9,11-13,15,18,20-21,26-27,29,31-35,37-38,40-45H2,1-3H3/b10-7-,17-14-,19-16-,24-22-,25-23-,30-28-,39-36-. The number of carbonyl (C=O) groups excluding carboxylic acids is 3. The fourth-order valence-electron chi connectivity index (χ4n) is 5.59. The smallest absolute Gasteiger partial charge is 0.309 e. The quantitative estimate of drug-likeness (QED) is 0.0270. The monoisotopic (exact) mass is 765 g/mol. The average Bonchev–Trinajstić information content (AvgIpc) is 3.18. The molecule has 0 aromatic heterocycles. The number of hydrogen-bond acceptors (Lipinski definition) is 6. The Balaban J connectivity index is 4.52. The third-order valence-corrected chi connectivity index (χ3v) is 8.92. The number of ether oxygens (including phenoxy) is 3. The average molecular weight is 765 g/mol. The maximum atomic E-state index is 12.7. The highest BCUT2D eigenvalue weighted by atomic mass is 16.6. The first-order valence-corrected chi connectivity index (χ1v) is 22.1. The highest BCUT2D eigenvalue weighted by molar-refractivity contribution is 5.72. The summed E-state index contributed by atoms with van der Waals surface area (Å²) in [5.41, 5.74) is 0. The molecule has 312 valence electrons. The minimum absolute atomic E-state index is 0.113. The minimum atomic E-state index is -0.819. The zero-order valence-corrected chi connectivity index (χ0v) is 35.4. The fourth-order valence-corrected chi connectivity index (χ4v) is 5.59. The van der Waals surface area contributed by atoms with E-state index in [1.54, 1.807) is 6.08 Å². The second-order valence-electron chi connectivity index (χ2n) is 14.2. The van der Waals surface area contributed by atoms with Gasteiger partial charge in [-0.1, -0.05) is 183 Å².